The maximum atomic E-state index is 6.41. The molecule has 1 unspecified atom stereocenters. The van der Waals surface area contributed by atoms with Crippen molar-refractivity contribution in [2.45, 2.75) is 79.4 Å². The minimum absolute atomic E-state index is 0.523. The second kappa shape index (κ2) is 8.68. The number of aryl methyl sites for hydroxylation is 2. The van der Waals surface area contributed by atoms with E-state index in [4.69, 9.17) is 11.6 Å². The van der Waals surface area contributed by atoms with Crippen LogP contribution >= 0.6 is 11.6 Å². The highest BCUT2D eigenvalue weighted by Crippen LogP contribution is 2.21. The van der Waals surface area contributed by atoms with E-state index in [1.165, 1.54) is 19.3 Å². The van der Waals surface area contributed by atoms with Crippen LogP contribution < -0.4 is 5.32 Å². The fraction of sp³-hybridized carbons (Fsp3) is 0.812. The van der Waals surface area contributed by atoms with Crippen molar-refractivity contribution in [3.05, 3.63) is 16.4 Å². The third kappa shape index (κ3) is 5.10. The molecule has 3 nitrogen and oxygen atoms in total. The molecule has 1 heterocycles. The standard InChI is InChI=1S/C16H30ClN3/c1-6-14-16(17)15(20(7-2)19-14)11-18-13(5)10-8-9-12(3)4/h12-13,18H,6-11H2,1-5H3. The molecule has 0 aromatic carbocycles. The highest BCUT2D eigenvalue weighted by Gasteiger charge is 2.14. The molecule has 1 atom stereocenters. The largest absolute Gasteiger partial charge is 0.309 e. The van der Waals surface area contributed by atoms with E-state index in [0.717, 1.165) is 41.8 Å². The van der Waals surface area contributed by atoms with Crippen LogP contribution in [0.4, 0.5) is 0 Å². The summed E-state index contributed by atoms with van der Waals surface area (Å²) < 4.78 is 2.02. The van der Waals surface area contributed by atoms with Gasteiger partial charge >= 0.3 is 0 Å². The van der Waals surface area contributed by atoms with E-state index < -0.39 is 0 Å². The zero-order chi connectivity index (χ0) is 15.1. The molecule has 0 saturated heterocycles. The summed E-state index contributed by atoms with van der Waals surface area (Å²) in [7, 11) is 0. The highest BCUT2D eigenvalue weighted by molar-refractivity contribution is 6.31. The minimum atomic E-state index is 0.523. The summed E-state index contributed by atoms with van der Waals surface area (Å²) in [5.41, 5.74) is 2.14. The van der Waals surface area contributed by atoms with E-state index in [-0.39, 0.29) is 0 Å². The maximum Gasteiger partial charge on any atom is 0.0863 e. The van der Waals surface area contributed by atoms with Gasteiger partial charge < -0.3 is 5.32 Å². The first-order valence-corrected chi connectivity index (χ1v) is 8.34. The van der Waals surface area contributed by atoms with Crippen molar-refractivity contribution in [1.29, 1.82) is 0 Å². The van der Waals surface area contributed by atoms with Crippen LogP contribution in [0.2, 0.25) is 5.02 Å². The number of hydrogen-bond acceptors (Lipinski definition) is 2. The minimum Gasteiger partial charge on any atom is -0.309 e. The molecule has 116 valence electrons. The highest BCUT2D eigenvalue weighted by atomic mass is 35.5. The molecule has 1 N–H and O–H groups in total. The number of hydrogen-bond donors (Lipinski definition) is 1. The number of rotatable bonds is 9. The molecule has 0 aliphatic carbocycles. The van der Waals surface area contributed by atoms with Gasteiger partial charge in [0, 0.05) is 19.1 Å². The molecule has 20 heavy (non-hydrogen) atoms. The number of nitrogens with one attached hydrogen (secondary N) is 1. The van der Waals surface area contributed by atoms with Crippen LogP contribution in [0.1, 0.15) is 65.3 Å². The Kier molecular flexibility index (Phi) is 7.60. The summed E-state index contributed by atoms with van der Waals surface area (Å²) in [6, 6.07) is 0.523. The lowest BCUT2D eigenvalue weighted by Crippen LogP contribution is -2.26. The molecule has 0 radical (unpaired) electrons. The summed E-state index contributed by atoms with van der Waals surface area (Å²) in [4.78, 5) is 0. The third-order valence-electron chi connectivity index (χ3n) is 3.73. The first-order chi connectivity index (χ1) is 9.49. The molecule has 1 rings (SSSR count). The van der Waals surface area contributed by atoms with Crippen molar-refractivity contribution in [1.82, 2.24) is 15.1 Å². The molecule has 4 heteroatoms. The maximum absolute atomic E-state index is 6.41. The van der Waals surface area contributed by atoms with Gasteiger partial charge in [-0.2, -0.15) is 5.10 Å². The van der Waals surface area contributed by atoms with Gasteiger partial charge in [-0.05, 0) is 32.6 Å². The van der Waals surface area contributed by atoms with Crippen LogP contribution in [0, 0.1) is 5.92 Å². The van der Waals surface area contributed by atoms with Crippen molar-refractivity contribution < 1.29 is 0 Å². The Morgan fingerprint density at radius 1 is 1.20 bits per heavy atom. The number of aromatic nitrogens is 2. The Bertz CT molecular complexity index is 399. The quantitative estimate of drug-likeness (QED) is 0.731. The molecule has 0 aliphatic rings. The van der Waals surface area contributed by atoms with Crippen LogP contribution in [0.25, 0.3) is 0 Å². The van der Waals surface area contributed by atoms with Crippen LogP contribution in [0.15, 0.2) is 0 Å². The Morgan fingerprint density at radius 3 is 2.45 bits per heavy atom. The van der Waals surface area contributed by atoms with Gasteiger partial charge in [0.25, 0.3) is 0 Å². The summed E-state index contributed by atoms with van der Waals surface area (Å²) >= 11 is 6.41. The first-order valence-electron chi connectivity index (χ1n) is 7.96. The average Bonchev–Trinajstić information content (AvgIpc) is 2.71. The molecule has 0 aliphatic heterocycles. The van der Waals surface area contributed by atoms with Gasteiger partial charge in [-0.25, -0.2) is 0 Å². The number of halogens is 1. The van der Waals surface area contributed by atoms with Crippen molar-refractivity contribution in [2.24, 2.45) is 5.92 Å². The number of nitrogens with zero attached hydrogens (tertiary/aromatic N) is 2. The molecule has 0 saturated carbocycles. The summed E-state index contributed by atoms with van der Waals surface area (Å²) in [5.74, 6) is 0.797. The Morgan fingerprint density at radius 2 is 1.90 bits per heavy atom. The molecule has 0 bridgehead atoms. The molecule has 0 fully saturated rings. The summed E-state index contributed by atoms with van der Waals surface area (Å²) in [6.45, 7) is 12.7. The van der Waals surface area contributed by atoms with Crippen molar-refractivity contribution in [3.63, 3.8) is 0 Å². The SMILES string of the molecule is CCc1nn(CC)c(CNC(C)CCCC(C)C)c1Cl. The van der Waals surface area contributed by atoms with Gasteiger partial charge in [0.2, 0.25) is 0 Å². The topological polar surface area (TPSA) is 29.9 Å². The second-order valence-corrected chi connectivity index (χ2v) is 6.36. The fourth-order valence-electron chi connectivity index (χ4n) is 2.39. The van der Waals surface area contributed by atoms with E-state index >= 15 is 0 Å². The normalized spacial score (nSPS) is 13.2. The van der Waals surface area contributed by atoms with Gasteiger partial charge in [0.05, 0.1) is 16.4 Å². The predicted molar refractivity (Wildman–Crippen MR) is 87.3 cm³/mol. The predicted octanol–water partition coefficient (Wildman–Crippen LogP) is 4.42. The van der Waals surface area contributed by atoms with Gasteiger partial charge in [0.15, 0.2) is 0 Å². The van der Waals surface area contributed by atoms with E-state index in [2.05, 4.69) is 45.0 Å². The van der Waals surface area contributed by atoms with Gasteiger partial charge in [-0.1, -0.05) is 45.2 Å². The van der Waals surface area contributed by atoms with E-state index in [0.29, 0.717) is 6.04 Å². The van der Waals surface area contributed by atoms with Crippen LogP contribution in [-0.4, -0.2) is 15.8 Å². The zero-order valence-corrected chi connectivity index (χ0v) is 14.4. The van der Waals surface area contributed by atoms with Crippen LogP contribution in [0.3, 0.4) is 0 Å². The van der Waals surface area contributed by atoms with Gasteiger partial charge in [-0.3, -0.25) is 4.68 Å². The van der Waals surface area contributed by atoms with E-state index in [1.807, 2.05) is 4.68 Å². The first kappa shape index (κ1) is 17.5. The lowest BCUT2D eigenvalue weighted by molar-refractivity contribution is 0.448. The van der Waals surface area contributed by atoms with Crippen molar-refractivity contribution in [2.75, 3.05) is 0 Å². The van der Waals surface area contributed by atoms with Crippen LogP contribution in [0.5, 0.6) is 0 Å². The Balaban J connectivity index is 2.50. The smallest absolute Gasteiger partial charge is 0.0863 e. The van der Waals surface area contributed by atoms with Crippen molar-refractivity contribution >= 4 is 11.6 Å². The monoisotopic (exact) mass is 299 g/mol. The fourth-order valence-corrected chi connectivity index (χ4v) is 2.73. The molecular weight excluding hydrogens is 270 g/mol. The third-order valence-corrected chi connectivity index (χ3v) is 4.17. The summed E-state index contributed by atoms with van der Waals surface area (Å²) in [5, 5.41) is 8.98. The molecule has 0 amide bonds. The molecule has 1 aromatic rings. The van der Waals surface area contributed by atoms with Crippen LogP contribution in [-0.2, 0) is 19.5 Å². The average molecular weight is 300 g/mol. The summed E-state index contributed by atoms with van der Waals surface area (Å²) in [6.07, 6.45) is 4.70. The zero-order valence-electron chi connectivity index (χ0n) is 13.7. The van der Waals surface area contributed by atoms with E-state index in [9.17, 15) is 0 Å². The van der Waals surface area contributed by atoms with Gasteiger partial charge in [0.1, 0.15) is 0 Å². The lowest BCUT2D eigenvalue weighted by Gasteiger charge is -2.15. The van der Waals surface area contributed by atoms with Crippen molar-refractivity contribution in [3.8, 4) is 0 Å². The Labute approximate surface area is 129 Å². The molecular formula is C16H30ClN3. The van der Waals surface area contributed by atoms with Gasteiger partial charge in [-0.15, -0.1) is 0 Å². The molecule has 1 aromatic heterocycles. The Hall–Kier alpha value is -0.540. The molecule has 0 spiro atoms. The second-order valence-electron chi connectivity index (χ2n) is 5.98. The lowest BCUT2D eigenvalue weighted by atomic mass is 10.0. The van der Waals surface area contributed by atoms with E-state index in [1.54, 1.807) is 0 Å².